The van der Waals surface area contributed by atoms with E-state index in [0.717, 1.165) is 0 Å². The van der Waals surface area contributed by atoms with E-state index in [-0.39, 0.29) is 19.1 Å². The highest BCUT2D eigenvalue weighted by Crippen LogP contribution is 1.97. The molecule has 1 N–H and O–H groups in total. The van der Waals surface area contributed by atoms with Gasteiger partial charge in [0.25, 0.3) is 5.91 Å². The number of aldehydes is 1. The normalized spacial score (nSPS) is 11.8. The van der Waals surface area contributed by atoms with Gasteiger partial charge in [-0.2, -0.15) is 0 Å². The zero-order valence-electron chi connectivity index (χ0n) is 11.4. The Kier molecular flexibility index (Phi) is 8.21. The van der Waals surface area contributed by atoms with Crippen LogP contribution < -0.4 is 5.32 Å². The lowest BCUT2D eigenvalue weighted by Gasteiger charge is -2.14. The molecule has 110 valence electrons. The number of hydrogen-bond acceptors (Lipinski definition) is 5. The number of hydrogen-bond donors (Lipinski definition) is 1. The number of rotatable bonds is 10. The molecule has 6 nitrogen and oxygen atoms in total. The van der Waals surface area contributed by atoms with Gasteiger partial charge in [-0.1, -0.05) is 18.2 Å². The molecule has 0 saturated carbocycles. The number of ether oxygens (including phenoxy) is 3. The topological polar surface area (TPSA) is 73.9 Å². The Morgan fingerprint density at radius 2 is 2.10 bits per heavy atom. The molecule has 0 aliphatic carbocycles. The van der Waals surface area contributed by atoms with E-state index in [9.17, 15) is 9.59 Å². The first-order chi connectivity index (χ1) is 9.77. The Morgan fingerprint density at radius 3 is 2.75 bits per heavy atom. The number of methoxy groups -OCH3 is 1. The van der Waals surface area contributed by atoms with Crippen molar-refractivity contribution in [3.63, 3.8) is 0 Å². The minimum Gasteiger partial charge on any atom is -0.374 e. The van der Waals surface area contributed by atoms with Gasteiger partial charge < -0.3 is 24.3 Å². The zero-order valence-corrected chi connectivity index (χ0v) is 11.4. The van der Waals surface area contributed by atoms with Gasteiger partial charge in [-0.05, 0) is 12.1 Å². The summed E-state index contributed by atoms with van der Waals surface area (Å²) in [4.78, 5) is 21.8. The summed E-state index contributed by atoms with van der Waals surface area (Å²) >= 11 is 0. The fourth-order valence-corrected chi connectivity index (χ4v) is 1.44. The second-order valence-corrected chi connectivity index (χ2v) is 3.86. The summed E-state index contributed by atoms with van der Waals surface area (Å²) in [6, 6.07) is 8.94. The predicted molar refractivity (Wildman–Crippen MR) is 72.4 cm³/mol. The van der Waals surface area contributed by atoms with Crippen LogP contribution in [0.3, 0.4) is 0 Å². The molecule has 0 aliphatic rings. The van der Waals surface area contributed by atoms with Crippen molar-refractivity contribution < 1.29 is 23.8 Å². The number of amides is 1. The Morgan fingerprint density at radius 1 is 1.35 bits per heavy atom. The van der Waals surface area contributed by atoms with Gasteiger partial charge in [-0.3, -0.25) is 4.79 Å². The summed E-state index contributed by atoms with van der Waals surface area (Å²) in [5, 5.41) is 2.73. The molecule has 0 aliphatic heterocycles. The van der Waals surface area contributed by atoms with Gasteiger partial charge in [-0.15, -0.1) is 0 Å². The standard InChI is InChI=1S/C14H19NO5/c1-18-13(20-10-8-16)11-19-9-7-15-14(17)12-5-3-2-4-6-12/h2-6,8,13H,7,9-11H2,1H3,(H,15,17). The van der Waals surface area contributed by atoms with E-state index in [4.69, 9.17) is 14.2 Å². The maximum atomic E-state index is 11.7. The van der Waals surface area contributed by atoms with Gasteiger partial charge in [0.2, 0.25) is 0 Å². The van der Waals surface area contributed by atoms with E-state index in [1.807, 2.05) is 6.07 Å². The highest BCUT2D eigenvalue weighted by molar-refractivity contribution is 5.94. The minimum atomic E-state index is -0.579. The molecule has 6 heteroatoms. The van der Waals surface area contributed by atoms with Crippen LogP contribution in [0, 0.1) is 0 Å². The lowest BCUT2D eigenvalue weighted by atomic mass is 10.2. The van der Waals surface area contributed by atoms with Crippen LogP contribution in [0.1, 0.15) is 10.4 Å². The van der Waals surface area contributed by atoms with Crippen LogP contribution >= 0.6 is 0 Å². The van der Waals surface area contributed by atoms with Crippen molar-refractivity contribution in [2.24, 2.45) is 0 Å². The molecule has 1 unspecified atom stereocenters. The third-order valence-electron chi connectivity index (χ3n) is 2.43. The van der Waals surface area contributed by atoms with Crippen LogP contribution in [0.15, 0.2) is 30.3 Å². The Hall–Kier alpha value is -1.76. The molecule has 0 bridgehead atoms. The van der Waals surface area contributed by atoms with Crippen LogP contribution in [0.5, 0.6) is 0 Å². The summed E-state index contributed by atoms with van der Waals surface area (Å²) in [7, 11) is 1.47. The van der Waals surface area contributed by atoms with Crippen molar-refractivity contribution in [3.05, 3.63) is 35.9 Å². The molecule has 0 radical (unpaired) electrons. The summed E-state index contributed by atoms with van der Waals surface area (Å²) in [6.45, 7) is 0.888. The monoisotopic (exact) mass is 281 g/mol. The third-order valence-corrected chi connectivity index (χ3v) is 2.43. The SMILES string of the molecule is COC(COCCNC(=O)c1ccccc1)OCC=O. The lowest BCUT2D eigenvalue weighted by molar-refractivity contribution is -0.159. The molecule has 1 amide bonds. The van der Waals surface area contributed by atoms with Gasteiger partial charge >= 0.3 is 0 Å². The highest BCUT2D eigenvalue weighted by atomic mass is 16.7. The molecular formula is C14H19NO5. The highest BCUT2D eigenvalue weighted by Gasteiger charge is 2.07. The van der Waals surface area contributed by atoms with Crippen LogP contribution in [0.2, 0.25) is 0 Å². The third kappa shape index (κ3) is 6.42. The van der Waals surface area contributed by atoms with E-state index >= 15 is 0 Å². The second-order valence-electron chi connectivity index (χ2n) is 3.86. The fourth-order valence-electron chi connectivity index (χ4n) is 1.44. The molecule has 0 fully saturated rings. The molecular weight excluding hydrogens is 262 g/mol. The van der Waals surface area contributed by atoms with Gasteiger partial charge in [-0.25, -0.2) is 0 Å². The summed E-state index contributed by atoms with van der Waals surface area (Å²) in [5.41, 5.74) is 0.608. The first kappa shape index (κ1) is 16.3. The van der Waals surface area contributed by atoms with E-state index < -0.39 is 6.29 Å². The number of nitrogens with one attached hydrogen (secondary N) is 1. The van der Waals surface area contributed by atoms with Crippen molar-refractivity contribution in [1.29, 1.82) is 0 Å². The summed E-state index contributed by atoms with van der Waals surface area (Å²) in [6.07, 6.45) is 0.0663. The van der Waals surface area contributed by atoms with E-state index in [2.05, 4.69) is 5.32 Å². The predicted octanol–water partition coefficient (Wildman–Crippen LogP) is 0.621. The van der Waals surface area contributed by atoms with Crippen molar-refractivity contribution in [2.45, 2.75) is 6.29 Å². The molecule has 0 aromatic heterocycles. The van der Waals surface area contributed by atoms with Crippen LogP contribution in [-0.2, 0) is 19.0 Å². The van der Waals surface area contributed by atoms with E-state index in [1.54, 1.807) is 24.3 Å². The molecule has 20 heavy (non-hydrogen) atoms. The van der Waals surface area contributed by atoms with Gasteiger partial charge in [0.15, 0.2) is 6.29 Å². The van der Waals surface area contributed by atoms with Gasteiger partial charge in [0, 0.05) is 19.2 Å². The van der Waals surface area contributed by atoms with Crippen molar-refractivity contribution >= 4 is 12.2 Å². The van der Waals surface area contributed by atoms with Crippen molar-refractivity contribution in [3.8, 4) is 0 Å². The fraction of sp³-hybridized carbons (Fsp3) is 0.429. The largest absolute Gasteiger partial charge is 0.374 e. The van der Waals surface area contributed by atoms with E-state index in [1.165, 1.54) is 7.11 Å². The number of carbonyl (C=O) groups excluding carboxylic acids is 2. The van der Waals surface area contributed by atoms with Crippen LogP contribution in [0.4, 0.5) is 0 Å². The number of carbonyl (C=O) groups is 2. The van der Waals surface area contributed by atoms with Gasteiger partial charge in [0.05, 0.1) is 13.2 Å². The molecule has 1 rings (SSSR count). The molecule has 1 aromatic rings. The number of benzene rings is 1. The van der Waals surface area contributed by atoms with Crippen molar-refractivity contribution in [2.75, 3.05) is 33.5 Å². The van der Waals surface area contributed by atoms with Gasteiger partial charge in [0.1, 0.15) is 12.9 Å². The average molecular weight is 281 g/mol. The molecule has 1 atom stereocenters. The molecule has 0 spiro atoms. The Bertz CT molecular complexity index is 396. The van der Waals surface area contributed by atoms with Crippen molar-refractivity contribution in [1.82, 2.24) is 5.32 Å². The quantitative estimate of drug-likeness (QED) is 0.386. The smallest absolute Gasteiger partial charge is 0.251 e. The first-order valence-electron chi connectivity index (χ1n) is 6.27. The second kappa shape index (κ2) is 10.1. The van der Waals surface area contributed by atoms with Crippen LogP contribution in [-0.4, -0.2) is 52.0 Å². The Labute approximate surface area is 118 Å². The minimum absolute atomic E-state index is 0.0351. The maximum absolute atomic E-state index is 11.7. The molecule has 0 heterocycles. The lowest BCUT2D eigenvalue weighted by Crippen LogP contribution is -2.29. The molecule has 1 aromatic carbocycles. The molecule has 0 saturated heterocycles. The van der Waals surface area contributed by atoms with Crippen LogP contribution in [0.25, 0.3) is 0 Å². The maximum Gasteiger partial charge on any atom is 0.251 e. The Balaban J connectivity index is 2.12. The van der Waals surface area contributed by atoms with E-state index in [0.29, 0.717) is 25.0 Å². The average Bonchev–Trinajstić information content (AvgIpc) is 2.50. The first-order valence-corrected chi connectivity index (χ1v) is 6.27. The summed E-state index contributed by atoms with van der Waals surface area (Å²) in [5.74, 6) is -0.144. The zero-order chi connectivity index (χ0) is 14.6. The summed E-state index contributed by atoms with van der Waals surface area (Å²) < 4.78 is 15.3.